The molecule has 1 aliphatic rings. The van der Waals surface area contributed by atoms with Gasteiger partial charge in [0.2, 0.25) is 0 Å². The number of nitrogens with zero attached hydrogens (tertiary/aromatic N) is 1. The number of piperidine rings is 1. The molecule has 0 N–H and O–H groups in total. The van der Waals surface area contributed by atoms with Crippen LogP contribution in [0.4, 0.5) is 4.79 Å². The Balaban J connectivity index is 1.46. The van der Waals surface area contributed by atoms with Crippen molar-refractivity contribution in [2.75, 3.05) is 26.3 Å². The highest BCUT2D eigenvalue weighted by Crippen LogP contribution is 2.35. The monoisotopic (exact) mass is 587 g/mol. The Labute approximate surface area is 235 Å². The summed E-state index contributed by atoms with van der Waals surface area (Å²) >= 11 is 0. The van der Waals surface area contributed by atoms with Crippen LogP contribution in [0.25, 0.3) is 0 Å². The lowest BCUT2D eigenvalue weighted by Crippen LogP contribution is -2.47. The van der Waals surface area contributed by atoms with E-state index in [-0.39, 0.29) is 55.5 Å². The van der Waals surface area contributed by atoms with E-state index >= 15 is 0 Å². The molecule has 0 bridgehead atoms. The first-order valence-corrected chi connectivity index (χ1v) is 15.7. The number of hydrogen-bond acceptors (Lipinski definition) is 8. The number of carbonyl (C=O) groups excluding carboxylic acids is 1. The molecule has 1 aliphatic heterocycles. The highest BCUT2D eigenvalue weighted by molar-refractivity contribution is 7.87. The van der Waals surface area contributed by atoms with Gasteiger partial charge >= 0.3 is 6.09 Å². The lowest BCUT2D eigenvalue weighted by molar-refractivity contribution is 0.0134. The SMILES string of the molecule is Cc1ccc(S(=O)(=O)OCC2(COS(=O)(=O)c3ccc(C)cc3)CCN(C(=O)OCc3ccccc3)CC2)cc1. The molecule has 0 spiro atoms. The Morgan fingerprint density at radius 2 is 1.18 bits per heavy atom. The zero-order chi connectivity index (χ0) is 28.8. The van der Waals surface area contributed by atoms with Crippen molar-refractivity contribution in [1.29, 1.82) is 0 Å². The van der Waals surface area contributed by atoms with Gasteiger partial charge in [-0.1, -0.05) is 65.7 Å². The number of carbonyl (C=O) groups is 1. The van der Waals surface area contributed by atoms with Crippen molar-refractivity contribution in [3.8, 4) is 0 Å². The number of ether oxygens (including phenoxy) is 1. The van der Waals surface area contributed by atoms with Crippen LogP contribution in [0.15, 0.2) is 88.7 Å². The molecule has 0 radical (unpaired) electrons. The predicted molar refractivity (Wildman–Crippen MR) is 149 cm³/mol. The second-order valence-electron chi connectivity index (χ2n) is 10.1. The zero-order valence-electron chi connectivity index (χ0n) is 22.5. The molecule has 3 aromatic rings. The number of hydrogen-bond donors (Lipinski definition) is 0. The Kier molecular flexibility index (Phi) is 9.29. The van der Waals surface area contributed by atoms with E-state index in [1.54, 1.807) is 24.3 Å². The van der Waals surface area contributed by atoms with Gasteiger partial charge in [-0.05, 0) is 56.5 Å². The molecule has 1 heterocycles. The Bertz CT molecular complexity index is 1410. The molecule has 40 heavy (non-hydrogen) atoms. The molecule has 0 aromatic heterocycles. The van der Waals surface area contributed by atoms with Crippen LogP contribution in [0.1, 0.15) is 29.5 Å². The van der Waals surface area contributed by atoms with Crippen LogP contribution in [-0.4, -0.2) is 54.1 Å². The molecule has 0 unspecified atom stereocenters. The van der Waals surface area contributed by atoms with Crippen molar-refractivity contribution in [2.45, 2.75) is 43.1 Å². The second kappa shape index (κ2) is 12.5. The van der Waals surface area contributed by atoms with Crippen LogP contribution in [0.5, 0.6) is 0 Å². The van der Waals surface area contributed by atoms with Crippen molar-refractivity contribution in [1.82, 2.24) is 4.90 Å². The first kappa shape index (κ1) is 29.7. The van der Waals surface area contributed by atoms with E-state index in [2.05, 4.69) is 0 Å². The van der Waals surface area contributed by atoms with Gasteiger partial charge in [0, 0.05) is 18.5 Å². The smallest absolute Gasteiger partial charge is 0.410 e. The van der Waals surface area contributed by atoms with E-state index in [0.717, 1.165) is 16.7 Å². The maximum absolute atomic E-state index is 12.9. The van der Waals surface area contributed by atoms with Crippen LogP contribution in [0.3, 0.4) is 0 Å². The molecule has 0 saturated carbocycles. The molecule has 3 aromatic carbocycles. The minimum Gasteiger partial charge on any atom is -0.445 e. The fourth-order valence-electron chi connectivity index (χ4n) is 4.26. The van der Waals surface area contributed by atoms with Crippen LogP contribution < -0.4 is 0 Å². The van der Waals surface area contributed by atoms with Gasteiger partial charge in [0.25, 0.3) is 20.2 Å². The van der Waals surface area contributed by atoms with Gasteiger partial charge in [-0.25, -0.2) is 4.79 Å². The summed E-state index contributed by atoms with van der Waals surface area (Å²) in [5, 5.41) is 0. The second-order valence-corrected chi connectivity index (χ2v) is 13.3. The third-order valence-corrected chi connectivity index (χ3v) is 9.50. The number of benzene rings is 3. The fraction of sp³-hybridized carbons (Fsp3) is 0.345. The minimum atomic E-state index is -4.10. The van der Waals surface area contributed by atoms with Crippen molar-refractivity contribution in [2.24, 2.45) is 5.41 Å². The van der Waals surface area contributed by atoms with Gasteiger partial charge in [-0.15, -0.1) is 0 Å². The van der Waals surface area contributed by atoms with Crippen LogP contribution in [0, 0.1) is 19.3 Å². The molecule has 11 heteroatoms. The van der Waals surface area contributed by atoms with Crippen molar-refractivity contribution < 1.29 is 34.7 Å². The summed E-state index contributed by atoms with van der Waals surface area (Å²) in [7, 11) is -8.21. The lowest BCUT2D eigenvalue weighted by Gasteiger charge is -2.40. The highest BCUT2D eigenvalue weighted by atomic mass is 32.2. The number of amides is 1. The van der Waals surface area contributed by atoms with E-state index in [0.29, 0.717) is 0 Å². The van der Waals surface area contributed by atoms with Crippen LogP contribution in [0.2, 0.25) is 0 Å². The molecule has 1 saturated heterocycles. The van der Waals surface area contributed by atoms with E-state index in [9.17, 15) is 21.6 Å². The Hall–Kier alpha value is -3.25. The summed E-state index contributed by atoms with van der Waals surface area (Å²) in [6.45, 7) is 3.63. The molecular formula is C29H33NO8S2. The third-order valence-electron chi connectivity index (χ3n) is 6.95. The topological polar surface area (TPSA) is 116 Å². The van der Waals surface area contributed by atoms with Gasteiger partial charge in [-0.3, -0.25) is 8.37 Å². The van der Waals surface area contributed by atoms with E-state index in [1.165, 1.54) is 29.2 Å². The van der Waals surface area contributed by atoms with Crippen molar-refractivity contribution >= 4 is 26.3 Å². The van der Waals surface area contributed by atoms with Gasteiger partial charge in [0.15, 0.2) is 0 Å². The number of rotatable bonds is 10. The molecule has 1 amide bonds. The molecule has 9 nitrogen and oxygen atoms in total. The van der Waals surface area contributed by atoms with E-state index < -0.39 is 31.7 Å². The zero-order valence-corrected chi connectivity index (χ0v) is 24.1. The minimum absolute atomic E-state index is 0.00312. The van der Waals surface area contributed by atoms with Crippen molar-refractivity contribution in [3.63, 3.8) is 0 Å². The first-order chi connectivity index (χ1) is 19.0. The molecule has 214 valence electrons. The molecular weight excluding hydrogens is 554 g/mol. The maximum atomic E-state index is 12.9. The average Bonchev–Trinajstić information content (AvgIpc) is 2.95. The van der Waals surface area contributed by atoms with Crippen molar-refractivity contribution in [3.05, 3.63) is 95.6 Å². The quantitative estimate of drug-likeness (QED) is 0.310. The Morgan fingerprint density at radius 1 is 0.725 bits per heavy atom. The average molecular weight is 588 g/mol. The van der Waals surface area contributed by atoms with E-state index in [4.69, 9.17) is 13.1 Å². The number of likely N-dealkylation sites (tertiary alicyclic amines) is 1. The lowest BCUT2D eigenvalue weighted by atomic mass is 9.80. The summed E-state index contributed by atoms with van der Waals surface area (Å²) in [6.07, 6.45) is -0.000530. The standard InChI is InChI=1S/C29H33NO8S2/c1-23-8-12-26(13-9-23)39(32,33)37-21-29(22-38-40(34,35)27-14-10-24(2)11-15-27)16-18-30(19-17-29)28(31)36-20-25-6-4-3-5-7-25/h3-15H,16-22H2,1-2H3. The summed E-state index contributed by atoms with van der Waals surface area (Å²) in [5.41, 5.74) is 1.67. The molecule has 1 fully saturated rings. The molecule has 0 aliphatic carbocycles. The van der Waals surface area contributed by atoms with Crippen LogP contribution >= 0.6 is 0 Å². The Morgan fingerprint density at radius 3 is 1.62 bits per heavy atom. The van der Waals surface area contributed by atoms with Gasteiger partial charge < -0.3 is 9.64 Å². The largest absolute Gasteiger partial charge is 0.445 e. The summed E-state index contributed by atoms with van der Waals surface area (Å²) < 4.78 is 68.0. The van der Waals surface area contributed by atoms with Gasteiger partial charge in [0.05, 0.1) is 23.0 Å². The third kappa shape index (κ3) is 7.69. The maximum Gasteiger partial charge on any atom is 0.410 e. The summed E-state index contributed by atoms with van der Waals surface area (Å²) in [5.74, 6) is 0. The van der Waals surface area contributed by atoms with Crippen LogP contribution in [-0.2, 0) is 39.9 Å². The summed E-state index contributed by atoms with van der Waals surface area (Å²) in [6, 6.07) is 21.8. The number of aryl methyl sites for hydroxylation is 2. The molecule has 4 rings (SSSR count). The fourth-order valence-corrected chi connectivity index (χ4v) is 6.28. The van der Waals surface area contributed by atoms with Gasteiger partial charge in [-0.2, -0.15) is 16.8 Å². The normalized spacial score (nSPS) is 15.5. The highest BCUT2D eigenvalue weighted by Gasteiger charge is 2.40. The first-order valence-electron chi connectivity index (χ1n) is 12.9. The predicted octanol–water partition coefficient (Wildman–Crippen LogP) is 4.83. The van der Waals surface area contributed by atoms with Gasteiger partial charge in [0.1, 0.15) is 6.61 Å². The summed E-state index contributed by atoms with van der Waals surface area (Å²) in [4.78, 5) is 14.2. The molecule has 0 atom stereocenters. The van der Waals surface area contributed by atoms with E-state index in [1.807, 2.05) is 44.2 Å².